The maximum atomic E-state index is 4.37. The Labute approximate surface area is 125 Å². The zero-order chi connectivity index (χ0) is 14.9. The molecule has 0 unspecified atom stereocenters. The van der Waals surface area contributed by atoms with E-state index in [-0.39, 0.29) is 0 Å². The van der Waals surface area contributed by atoms with Crippen molar-refractivity contribution in [3.8, 4) is 0 Å². The largest absolute Gasteiger partial charge is 0.294 e. The molecule has 0 radical (unpaired) electrons. The fourth-order valence-electron chi connectivity index (χ4n) is 1.89. The molecular formula is C17H18N4. The van der Waals surface area contributed by atoms with Gasteiger partial charge in [-0.1, -0.05) is 32.0 Å². The van der Waals surface area contributed by atoms with Gasteiger partial charge in [-0.05, 0) is 24.3 Å². The van der Waals surface area contributed by atoms with Gasteiger partial charge in [-0.3, -0.25) is 14.9 Å². The first-order chi connectivity index (χ1) is 10.4. The third-order valence-electron chi connectivity index (χ3n) is 2.71. The Morgan fingerprint density at radius 1 is 0.714 bits per heavy atom. The van der Waals surface area contributed by atoms with Gasteiger partial charge in [-0.25, -0.2) is 4.98 Å². The van der Waals surface area contributed by atoms with E-state index in [2.05, 4.69) is 15.0 Å². The Bertz CT molecular complexity index is 533. The van der Waals surface area contributed by atoms with Crippen molar-refractivity contribution >= 4 is 17.2 Å². The molecule has 2 heterocycles. The Morgan fingerprint density at radius 2 is 1.38 bits per heavy atom. The van der Waals surface area contributed by atoms with E-state index in [1.54, 1.807) is 31.0 Å². The predicted octanol–water partition coefficient (Wildman–Crippen LogP) is 4.37. The van der Waals surface area contributed by atoms with Crippen LogP contribution in [0.5, 0.6) is 0 Å². The fourth-order valence-corrected chi connectivity index (χ4v) is 1.89. The van der Waals surface area contributed by atoms with E-state index in [0.29, 0.717) is 0 Å². The van der Waals surface area contributed by atoms with E-state index in [4.69, 9.17) is 0 Å². The number of nitrogens with zero attached hydrogens (tertiary/aromatic N) is 4. The second-order valence-electron chi connectivity index (χ2n) is 3.94. The maximum Gasteiger partial charge on any atom is 0.156 e. The zero-order valence-electron chi connectivity index (χ0n) is 12.2. The number of hydrogen-bond acceptors (Lipinski definition) is 4. The minimum Gasteiger partial charge on any atom is -0.294 e. The number of rotatable bonds is 3. The summed E-state index contributed by atoms with van der Waals surface area (Å²) >= 11 is 0. The minimum atomic E-state index is 0.778. The van der Waals surface area contributed by atoms with Crippen molar-refractivity contribution in [3.05, 3.63) is 73.4 Å². The Kier molecular flexibility index (Phi) is 5.41. The highest BCUT2D eigenvalue weighted by molar-refractivity contribution is 5.73. The average molecular weight is 278 g/mol. The van der Waals surface area contributed by atoms with Crippen LogP contribution in [0.3, 0.4) is 0 Å². The van der Waals surface area contributed by atoms with Crippen LogP contribution in [0.15, 0.2) is 73.4 Å². The molecule has 4 heteroatoms. The van der Waals surface area contributed by atoms with Gasteiger partial charge in [0, 0.05) is 30.5 Å². The number of aromatic nitrogens is 3. The van der Waals surface area contributed by atoms with Crippen molar-refractivity contribution < 1.29 is 0 Å². The van der Waals surface area contributed by atoms with Gasteiger partial charge in [0.15, 0.2) is 5.82 Å². The summed E-state index contributed by atoms with van der Waals surface area (Å²) in [5.74, 6) is 0.778. The van der Waals surface area contributed by atoms with Crippen LogP contribution in [0.4, 0.5) is 17.2 Å². The van der Waals surface area contributed by atoms with Crippen molar-refractivity contribution in [1.82, 2.24) is 15.0 Å². The lowest BCUT2D eigenvalue weighted by Crippen LogP contribution is -2.11. The van der Waals surface area contributed by atoms with Crippen LogP contribution in [-0.2, 0) is 0 Å². The van der Waals surface area contributed by atoms with Crippen LogP contribution in [0, 0.1) is 0 Å². The van der Waals surface area contributed by atoms with Crippen LogP contribution in [0.25, 0.3) is 0 Å². The standard InChI is InChI=1S/C15H12N4.C2H6/c1-2-4-13(5-3-1)19(14-6-8-16-9-7-14)15-12-17-10-11-18-15;1-2/h1-12H;1-2H3. The number of hydrogen-bond donors (Lipinski definition) is 0. The smallest absolute Gasteiger partial charge is 0.156 e. The van der Waals surface area contributed by atoms with Crippen LogP contribution in [0.1, 0.15) is 13.8 Å². The molecule has 0 amide bonds. The third kappa shape index (κ3) is 3.63. The topological polar surface area (TPSA) is 41.9 Å². The quantitative estimate of drug-likeness (QED) is 0.713. The first kappa shape index (κ1) is 14.7. The van der Waals surface area contributed by atoms with Crippen molar-refractivity contribution in [2.75, 3.05) is 4.90 Å². The van der Waals surface area contributed by atoms with Gasteiger partial charge in [0.05, 0.1) is 11.9 Å². The molecule has 0 saturated carbocycles. The summed E-state index contributed by atoms with van der Waals surface area (Å²) < 4.78 is 0. The van der Waals surface area contributed by atoms with E-state index < -0.39 is 0 Å². The Hall–Kier alpha value is -2.75. The molecule has 0 aliphatic heterocycles. The summed E-state index contributed by atoms with van der Waals surface area (Å²) in [4.78, 5) is 14.6. The Morgan fingerprint density at radius 3 is 2.00 bits per heavy atom. The van der Waals surface area contributed by atoms with E-state index >= 15 is 0 Å². The van der Waals surface area contributed by atoms with Crippen LogP contribution >= 0.6 is 0 Å². The summed E-state index contributed by atoms with van der Waals surface area (Å²) in [5, 5.41) is 0. The molecule has 3 rings (SSSR count). The van der Waals surface area contributed by atoms with Gasteiger partial charge in [0.25, 0.3) is 0 Å². The molecule has 0 bridgehead atoms. The normalized spacial score (nSPS) is 9.43. The summed E-state index contributed by atoms with van der Waals surface area (Å²) in [6, 6.07) is 14.0. The first-order valence-corrected chi connectivity index (χ1v) is 6.96. The molecule has 0 aliphatic rings. The molecule has 3 aromatic rings. The van der Waals surface area contributed by atoms with Gasteiger partial charge in [0.1, 0.15) is 0 Å². The molecule has 106 valence electrons. The average Bonchev–Trinajstić information content (AvgIpc) is 2.60. The minimum absolute atomic E-state index is 0.778. The van der Waals surface area contributed by atoms with E-state index in [0.717, 1.165) is 17.2 Å². The molecule has 0 fully saturated rings. The predicted molar refractivity (Wildman–Crippen MR) is 85.9 cm³/mol. The van der Waals surface area contributed by atoms with Gasteiger partial charge in [0.2, 0.25) is 0 Å². The SMILES string of the molecule is CC.c1ccc(N(c2ccncc2)c2cnccn2)cc1. The monoisotopic (exact) mass is 278 g/mol. The molecule has 0 saturated heterocycles. The number of benzene rings is 1. The van der Waals surface area contributed by atoms with Gasteiger partial charge in [-0.15, -0.1) is 0 Å². The zero-order valence-corrected chi connectivity index (χ0v) is 12.2. The van der Waals surface area contributed by atoms with Crippen LogP contribution in [0.2, 0.25) is 0 Å². The summed E-state index contributed by atoms with van der Waals surface area (Å²) in [7, 11) is 0. The van der Waals surface area contributed by atoms with Crippen molar-refractivity contribution in [2.24, 2.45) is 0 Å². The van der Waals surface area contributed by atoms with Gasteiger partial charge < -0.3 is 0 Å². The Balaban J connectivity index is 0.000000774. The molecule has 0 N–H and O–H groups in total. The number of anilines is 3. The van der Waals surface area contributed by atoms with E-state index in [9.17, 15) is 0 Å². The van der Waals surface area contributed by atoms with Crippen LogP contribution < -0.4 is 4.90 Å². The molecule has 2 aromatic heterocycles. The maximum absolute atomic E-state index is 4.37. The lowest BCUT2D eigenvalue weighted by atomic mass is 10.2. The molecule has 0 spiro atoms. The van der Waals surface area contributed by atoms with E-state index in [1.165, 1.54) is 0 Å². The number of pyridine rings is 1. The van der Waals surface area contributed by atoms with Crippen molar-refractivity contribution in [2.45, 2.75) is 13.8 Å². The molecule has 4 nitrogen and oxygen atoms in total. The number of para-hydroxylation sites is 1. The third-order valence-corrected chi connectivity index (χ3v) is 2.71. The highest BCUT2D eigenvalue weighted by atomic mass is 15.2. The van der Waals surface area contributed by atoms with Gasteiger partial charge >= 0.3 is 0 Å². The highest BCUT2D eigenvalue weighted by Gasteiger charge is 2.12. The summed E-state index contributed by atoms with van der Waals surface area (Å²) in [5.41, 5.74) is 2.04. The van der Waals surface area contributed by atoms with E-state index in [1.807, 2.05) is 61.2 Å². The molecule has 21 heavy (non-hydrogen) atoms. The van der Waals surface area contributed by atoms with Crippen molar-refractivity contribution in [1.29, 1.82) is 0 Å². The lowest BCUT2D eigenvalue weighted by molar-refractivity contribution is 1.12. The van der Waals surface area contributed by atoms with Gasteiger partial charge in [-0.2, -0.15) is 0 Å². The van der Waals surface area contributed by atoms with Crippen molar-refractivity contribution in [3.63, 3.8) is 0 Å². The second kappa shape index (κ2) is 7.75. The first-order valence-electron chi connectivity index (χ1n) is 6.96. The second-order valence-corrected chi connectivity index (χ2v) is 3.94. The summed E-state index contributed by atoms with van der Waals surface area (Å²) in [6.45, 7) is 4.00. The summed E-state index contributed by atoms with van der Waals surface area (Å²) in [6.07, 6.45) is 8.63. The fraction of sp³-hybridized carbons (Fsp3) is 0.118. The molecule has 1 aromatic carbocycles. The van der Waals surface area contributed by atoms with Crippen LogP contribution in [-0.4, -0.2) is 15.0 Å². The molecular weight excluding hydrogens is 260 g/mol. The molecule has 0 aliphatic carbocycles. The highest BCUT2D eigenvalue weighted by Crippen LogP contribution is 2.31. The lowest BCUT2D eigenvalue weighted by Gasteiger charge is -2.23. The molecule has 0 atom stereocenters.